The first-order valence-corrected chi connectivity index (χ1v) is 7.85. The third-order valence-corrected chi connectivity index (χ3v) is 4.85. The van der Waals surface area contributed by atoms with Gasteiger partial charge in [-0.1, -0.05) is 6.07 Å². The molecule has 1 aliphatic heterocycles. The molecule has 2 rings (SSSR count). The maximum absolute atomic E-state index is 11.5. The summed E-state index contributed by atoms with van der Waals surface area (Å²) in [6, 6.07) is 5.60. The maximum Gasteiger partial charge on any atom is 0.213 e. The van der Waals surface area contributed by atoms with Gasteiger partial charge in [-0.25, -0.2) is 13.4 Å². The molecule has 5 nitrogen and oxygen atoms in total. The van der Waals surface area contributed by atoms with Gasteiger partial charge in [0, 0.05) is 18.7 Å². The predicted octanol–water partition coefficient (Wildman–Crippen LogP) is 0.757. The van der Waals surface area contributed by atoms with Gasteiger partial charge in [-0.15, -0.1) is 0 Å². The summed E-state index contributed by atoms with van der Waals surface area (Å²) in [5.74, 6) is 1.13. The Kier molecular flexibility index (Phi) is 4.19. The lowest BCUT2D eigenvalue weighted by Crippen LogP contribution is -2.39. The highest BCUT2D eigenvalue weighted by molar-refractivity contribution is 7.91. The molecular formula is C12H18N2O3S. The fourth-order valence-electron chi connectivity index (χ4n) is 2.10. The van der Waals surface area contributed by atoms with Crippen molar-refractivity contribution in [2.24, 2.45) is 0 Å². The highest BCUT2D eigenvalue weighted by Crippen LogP contribution is 2.13. The predicted molar refractivity (Wildman–Crippen MR) is 69.3 cm³/mol. The zero-order chi connectivity index (χ0) is 13.0. The van der Waals surface area contributed by atoms with Crippen molar-refractivity contribution in [1.29, 1.82) is 0 Å². The number of nitrogens with zero attached hydrogens (tertiary/aromatic N) is 1. The van der Waals surface area contributed by atoms with Gasteiger partial charge >= 0.3 is 0 Å². The summed E-state index contributed by atoms with van der Waals surface area (Å²) in [7, 11) is -1.28. The van der Waals surface area contributed by atoms with Crippen molar-refractivity contribution in [3.8, 4) is 5.88 Å². The van der Waals surface area contributed by atoms with Gasteiger partial charge in [0.25, 0.3) is 0 Å². The van der Waals surface area contributed by atoms with Crippen LogP contribution in [-0.2, 0) is 16.4 Å². The van der Waals surface area contributed by atoms with E-state index in [1.165, 1.54) is 0 Å². The van der Waals surface area contributed by atoms with Gasteiger partial charge in [0.2, 0.25) is 5.88 Å². The molecule has 1 fully saturated rings. The molecule has 0 spiro atoms. The number of methoxy groups -OCH3 is 1. The molecule has 0 bridgehead atoms. The molecule has 18 heavy (non-hydrogen) atoms. The summed E-state index contributed by atoms with van der Waals surface area (Å²) in [6.07, 6.45) is 1.65. The van der Waals surface area contributed by atoms with Crippen LogP contribution in [0.3, 0.4) is 0 Å². The van der Waals surface area contributed by atoms with Gasteiger partial charge < -0.3 is 10.1 Å². The van der Waals surface area contributed by atoms with Gasteiger partial charge in [-0.2, -0.15) is 0 Å². The molecule has 1 atom stereocenters. The van der Waals surface area contributed by atoms with E-state index in [0.717, 1.165) is 18.5 Å². The number of hydrogen-bond donors (Lipinski definition) is 1. The van der Waals surface area contributed by atoms with Crippen molar-refractivity contribution >= 4 is 9.84 Å². The SMILES string of the molecule is COc1cccc(CNC2CCCS(=O)(=O)C2)n1. The molecule has 1 unspecified atom stereocenters. The molecule has 1 N–H and O–H groups in total. The topological polar surface area (TPSA) is 68.3 Å². The van der Waals surface area contributed by atoms with Crippen LogP contribution in [0.2, 0.25) is 0 Å². The van der Waals surface area contributed by atoms with E-state index in [2.05, 4.69) is 10.3 Å². The molecule has 1 aromatic rings. The lowest BCUT2D eigenvalue weighted by molar-refractivity contribution is 0.394. The summed E-state index contributed by atoms with van der Waals surface area (Å²) < 4.78 is 28.0. The summed E-state index contributed by atoms with van der Waals surface area (Å²) in [6.45, 7) is 0.567. The van der Waals surface area contributed by atoms with Gasteiger partial charge in [-0.3, -0.25) is 0 Å². The monoisotopic (exact) mass is 270 g/mol. The Balaban J connectivity index is 1.91. The van der Waals surface area contributed by atoms with Crippen LogP contribution in [0.1, 0.15) is 18.5 Å². The second-order valence-electron chi connectivity index (χ2n) is 4.51. The van der Waals surface area contributed by atoms with Gasteiger partial charge in [0.1, 0.15) is 0 Å². The first kappa shape index (κ1) is 13.3. The molecule has 1 aromatic heterocycles. The fourth-order valence-corrected chi connectivity index (χ4v) is 3.77. The summed E-state index contributed by atoms with van der Waals surface area (Å²) in [4.78, 5) is 4.28. The Bertz CT molecular complexity index is 502. The van der Waals surface area contributed by atoms with E-state index in [9.17, 15) is 8.42 Å². The summed E-state index contributed by atoms with van der Waals surface area (Å²) in [5, 5.41) is 3.25. The maximum atomic E-state index is 11.5. The Morgan fingerprint density at radius 2 is 2.33 bits per heavy atom. The van der Waals surface area contributed by atoms with E-state index < -0.39 is 9.84 Å². The van der Waals surface area contributed by atoms with E-state index in [1.807, 2.05) is 12.1 Å². The molecule has 0 aromatic carbocycles. The summed E-state index contributed by atoms with van der Waals surface area (Å²) in [5.41, 5.74) is 0.859. The number of nitrogens with one attached hydrogen (secondary N) is 1. The average molecular weight is 270 g/mol. The molecule has 1 saturated heterocycles. The third kappa shape index (κ3) is 3.68. The molecule has 0 aliphatic carbocycles. The van der Waals surface area contributed by atoms with Crippen molar-refractivity contribution in [2.45, 2.75) is 25.4 Å². The van der Waals surface area contributed by atoms with E-state index in [4.69, 9.17) is 4.74 Å². The second kappa shape index (κ2) is 5.67. The largest absolute Gasteiger partial charge is 0.481 e. The molecule has 100 valence electrons. The molecule has 2 heterocycles. The number of hydrogen-bond acceptors (Lipinski definition) is 5. The molecule has 6 heteroatoms. The minimum absolute atomic E-state index is 0.0387. The smallest absolute Gasteiger partial charge is 0.213 e. The van der Waals surface area contributed by atoms with E-state index in [-0.39, 0.29) is 11.8 Å². The van der Waals surface area contributed by atoms with Crippen LogP contribution >= 0.6 is 0 Å². The van der Waals surface area contributed by atoms with Crippen LogP contribution in [0.15, 0.2) is 18.2 Å². The van der Waals surface area contributed by atoms with Crippen LogP contribution in [-0.4, -0.2) is 38.1 Å². The quantitative estimate of drug-likeness (QED) is 0.874. The van der Waals surface area contributed by atoms with Gasteiger partial charge in [0.15, 0.2) is 9.84 Å². The summed E-state index contributed by atoms with van der Waals surface area (Å²) >= 11 is 0. The van der Waals surface area contributed by atoms with Gasteiger partial charge in [-0.05, 0) is 18.9 Å². The van der Waals surface area contributed by atoms with Crippen molar-refractivity contribution in [3.05, 3.63) is 23.9 Å². The molecule has 1 aliphatic rings. The Morgan fingerprint density at radius 3 is 3.06 bits per heavy atom. The van der Waals surface area contributed by atoms with Crippen LogP contribution in [0.25, 0.3) is 0 Å². The molecular weight excluding hydrogens is 252 g/mol. The Hall–Kier alpha value is -1.14. The Labute approximate surface area is 107 Å². The standard InChI is InChI=1S/C12H18N2O3S/c1-17-12-6-2-4-10(14-12)8-13-11-5-3-7-18(15,16)9-11/h2,4,6,11,13H,3,5,7-9H2,1H3. The number of aromatic nitrogens is 1. The van der Waals surface area contributed by atoms with Crippen LogP contribution in [0, 0.1) is 0 Å². The lowest BCUT2D eigenvalue weighted by Gasteiger charge is -2.22. The van der Waals surface area contributed by atoms with Crippen LogP contribution < -0.4 is 10.1 Å². The van der Waals surface area contributed by atoms with E-state index >= 15 is 0 Å². The van der Waals surface area contributed by atoms with Crippen LogP contribution in [0.5, 0.6) is 5.88 Å². The number of sulfone groups is 1. The molecule has 0 amide bonds. The Morgan fingerprint density at radius 1 is 1.50 bits per heavy atom. The first-order chi connectivity index (χ1) is 8.59. The normalized spacial score (nSPS) is 22.6. The fraction of sp³-hybridized carbons (Fsp3) is 0.583. The van der Waals surface area contributed by atoms with Crippen molar-refractivity contribution in [2.75, 3.05) is 18.6 Å². The minimum Gasteiger partial charge on any atom is -0.481 e. The third-order valence-electron chi connectivity index (χ3n) is 3.03. The molecule has 0 saturated carbocycles. The molecule has 0 radical (unpaired) electrons. The van der Waals surface area contributed by atoms with Crippen molar-refractivity contribution < 1.29 is 13.2 Å². The van der Waals surface area contributed by atoms with E-state index in [0.29, 0.717) is 18.2 Å². The van der Waals surface area contributed by atoms with Gasteiger partial charge in [0.05, 0.1) is 24.3 Å². The zero-order valence-corrected chi connectivity index (χ0v) is 11.2. The van der Waals surface area contributed by atoms with Crippen molar-refractivity contribution in [3.63, 3.8) is 0 Å². The zero-order valence-electron chi connectivity index (χ0n) is 10.4. The average Bonchev–Trinajstić information content (AvgIpc) is 2.35. The second-order valence-corrected chi connectivity index (χ2v) is 6.73. The number of rotatable bonds is 4. The van der Waals surface area contributed by atoms with Crippen molar-refractivity contribution in [1.82, 2.24) is 10.3 Å². The highest BCUT2D eigenvalue weighted by atomic mass is 32.2. The van der Waals surface area contributed by atoms with E-state index in [1.54, 1.807) is 13.2 Å². The number of ether oxygens (including phenoxy) is 1. The first-order valence-electron chi connectivity index (χ1n) is 6.03. The lowest BCUT2D eigenvalue weighted by atomic mass is 10.2. The number of pyridine rings is 1. The minimum atomic E-state index is -2.86. The van der Waals surface area contributed by atoms with Crippen LogP contribution in [0.4, 0.5) is 0 Å². The highest BCUT2D eigenvalue weighted by Gasteiger charge is 2.24.